The van der Waals surface area contributed by atoms with E-state index in [9.17, 15) is 9.59 Å². The largest absolute Gasteiger partial charge is 0.358 e. The van der Waals surface area contributed by atoms with Gasteiger partial charge in [0.15, 0.2) is 5.82 Å². The highest BCUT2D eigenvalue weighted by Gasteiger charge is 2.33. The van der Waals surface area contributed by atoms with Crippen LogP contribution in [0.4, 0.5) is 0 Å². The lowest BCUT2D eigenvalue weighted by atomic mass is 10.1. The fraction of sp³-hybridized carbons (Fsp3) is 0.391. The fourth-order valence-electron chi connectivity index (χ4n) is 4.27. The highest BCUT2D eigenvalue weighted by atomic mass is 35.5. The maximum atomic E-state index is 13.3. The number of aromatic amines is 1. The first kappa shape index (κ1) is 21.3. The zero-order chi connectivity index (χ0) is 22.3. The van der Waals surface area contributed by atoms with Crippen molar-refractivity contribution in [1.82, 2.24) is 24.8 Å². The topological polar surface area (TPSA) is 82.2 Å². The first-order valence-electron chi connectivity index (χ1n) is 10.4. The molecule has 0 aliphatic carbocycles. The molecule has 31 heavy (non-hydrogen) atoms. The Kier molecular flexibility index (Phi) is 5.71. The van der Waals surface area contributed by atoms with Crippen molar-refractivity contribution in [2.24, 2.45) is 0 Å². The first-order chi connectivity index (χ1) is 14.8. The van der Waals surface area contributed by atoms with Gasteiger partial charge in [0, 0.05) is 48.5 Å². The van der Waals surface area contributed by atoms with Crippen molar-refractivity contribution in [3.8, 4) is 0 Å². The molecule has 1 aliphatic rings. The van der Waals surface area contributed by atoms with Crippen molar-refractivity contribution in [2.75, 3.05) is 20.6 Å². The second-order valence-electron chi connectivity index (χ2n) is 8.27. The molecule has 162 valence electrons. The van der Waals surface area contributed by atoms with Crippen molar-refractivity contribution in [1.29, 1.82) is 0 Å². The number of benzene rings is 1. The molecular formula is C23H26ClN5O2. The first-order valence-corrected chi connectivity index (χ1v) is 10.8. The molecule has 1 aromatic carbocycles. The summed E-state index contributed by atoms with van der Waals surface area (Å²) in [5.74, 6) is 0.510. The third-order valence-corrected chi connectivity index (χ3v) is 6.15. The molecule has 0 bridgehead atoms. The van der Waals surface area contributed by atoms with E-state index in [-0.39, 0.29) is 17.9 Å². The number of H-pyrrole nitrogens is 1. The average Bonchev–Trinajstić information content (AvgIpc) is 3.33. The van der Waals surface area contributed by atoms with E-state index < -0.39 is 0 Å². The van der Waals surface area contributed by atoms with E-state index in [2.05, 4.69) is 15.0 Å². The molecule has 4 rings (SSSR count). The Bertz CT molecular complexity index is 1170. The van der Waals surface area contributed by atoms with Gasteiger partial charge in [0.1, 0.15) is 0 Å². The van der Waals surface area contributed by atoms with Crippen molar-refractivity contribution in [3.63, 3.8) is 0 Å². The Balaban J connectivity index is 1.59. The summed E-state index contributed by atoms with van der Waals surface area (Å²) in [6, 6.07) is 5.50. The molecule has 0 radical (unpaired) electrons. The van der Waals surface area contributed by atoms with Crippen LogP contribution in [-0.2, 0) is 11.2 Å². The zero-order valence-corrected chi connectivity index (χ0v) is 19.0. The van der Waals surface area contributed by atoms with Crippen LogP contribution in [0.2, 0.25) is 5.02 Å². The molecule has 2 amide bonds. The second-order valence-corrected chi connectivity index (χ2v) is 8.70. The molecule has 1 fully saturated rings. The summed E-state index contributed by atoms with van der Waals surface area (Å²) >= 11 is 6.18. The summed E-state index contributed by atoms with van der Waals surface area (Å²) in [6.07, 6.45) is 3.58. The van der Waals surface area contributed by atoms with Crippen molar-refractivity contribution in [3.05, 3.63) is 57.8 Å². The fourth-order valence-corrected chi connectivity index (χ4v) is 4.44. The van der Waals surface area contributed by atoms with Crippen molar-refractivity contribution >= 4 is 34.3 Å². The highest BCUT2D eigenvalue weighted by molar-refractivity contribution is 6.31. The van der Waals surface area contributed by atoms with Gasteiger partial charge in [0.25, 0.3) is 5.91 Å². The number of carbonyl (C=O) groups is 2. The van der Waals surface area contributed by atoms with E-state index >= 15 is 0 Å². The molecule has 1 saturated heterocycles. The third kappa shape index (κ3) is 4.02. The molecule has 0 spiro atoms. The van der Waals surface area contributed by atoms with E-state index in [1.165, 1.54) is 4.90 Å². The maximum absolute atomic E-state index is 13.3. The second kappa shape index (κ2) is 8.30. The number of nitrogens with zero attached hydrogens (tertiary/aromatic N) is 4. The minimum Gasteiger partial charge on any atom is -0.358 e. The number of nitrogens with one attached hydrogen (secondary N) is 1. The smallest absolute Gasteiger partial charge is 0.256 e. The van der Waals surface area contributed by atoms with Crippen LogP contribution < -0.4 is 0 Å². The summed E-state index contributed by atoms with van der Waals surface area (Å²) < 4.78 is 0. The molecule has 2 aromatic heterocycles. The maximum Gasteiger partial charge on any atom is 0.256 e. The van der Waals surface area contributed by atoms with Crippen LogP contribution in [0, 0.1) is 13.8 Å². The Morgan fingerprint density at radius 2 is 2.06 bits per heavy atom. The van der Waals surface area contributed by atoms with Gasteiger partial charge in [-0.25, -0.2) is 9.97 Å². The SMILES string of the molecule is Cc1nc(C2CCCN2C(=O)Cc2c(C)[nH]c3ccc(Cl)cc23)ncc1C(=O)N(C)C. The molecule has 1 N–H and O–H groups in total. The number of fused-ring (bicyclic) bond motifs is 1. The summed E-state index contributed by atoms with van der Waals surface area (Å²) in [6.45, 7) is 4.46. The van der Waals surface area contributed by atoms with Gasteiger partial charge in [-0.15, -0.1) is 0 Å². The van der Waals surface area contributed by atoms with E-state index in [0.717, 1.165) is 35.0 Å². The van der Waals surface area contributed by atoms with Gasteiger partial charge in [0.2, 0.25) is 5.91 Å². The number of carbonyl (C=O) groups excluding carboxylic acids is 2. The molecule has 8 heteroatoms. The monoisotopic (exact) mass is 439 g/mol. The predicted molar refractivity (Wildman–Crippen MR) is 120 cm³/mol. The standard InChI is InChI=1S/C23H26ClN5O2/c1-13-16(17-10-15(24)7-8-19(17)26-13)11-21(30)29-9-5-6-20(29)22-25-12-18(14(2)27-22)23(31)28(3)4/h7-8,10,12,20,26H,5-6,9,11H2,1-4H3. The number of rotatable bonds is 4. The highest BCUT2D eigenvalue weighted by Crippen LogP contribution is 2.32. The Morgan fingerprint density at radius 1 is 1.29 bits per heavy atom. The summed E-state index contributed by atoms with van der Waals surface area (Å²) in [7, 11) is 3.40. The molecule has 3 aromatic rings. The van der Waals surface area contributed by atoms with Gasteiger partial charge in [-0.3, -0.25) is 9.59 Å². The van der Waals surface area contributed by atoms with Crippen LogP contribution in [0.1, 0.15) is 52.0 Å². The Labute approximate surface area is 186 Å². The minimum absolute atomic E-state index is 0.0428. The quantitative estimate of drug-likeness (QED) is 0.669. The molecule has 1 unspecified atom stereocenters. The van der Waals surface area contributed by atoms with Crippen LogP contribution in [-0.4, -0.2) is 57.2 Å². The van der Waals surface area contributed by atoms with Crippen LogP contribution in [0.25, 0.3) is 10.9 Å². The Morgan fingerprint density at radius 3 is 2.77 bits per heavy atom. The Hall–Kier alpha value is -2.93. The van der Waals surface area contributed by atoms with Gasteiger partial charge in [-0.2, -0.15) is 0 Å². The number of likely N-dealkylation sites (tertiary alicyclic amines) is 1. The molecule has 7 nitrogen and oxygen atoms in total. The number of amides is 2. The average molecular weight is 440 g/mol. The number of hydrogen-bond acceptors (Lipinski definition) is 4. The lowest BCUT2D eigenvalue weighted by molar-refractivity contribution is -0.131. The number of aryl methyl sites for hydroxylation is 2. The van der Waals surface area contributed by atoms with Crippen molar-refractivity contribution < 1.29 is 9.59 Å². The van der Waals surface area contributed by atoms with E-state index in [0.29, 0.717) is 35.1 Å². The summed E-state index contributed by atoms with van der Waals surface area (Å²) in [4.78, 5) is 41.3. The third-order valence-electron chi connectivity index (χ3n) is 5.92. The lowest BCUT2D eigenvalue weighted by Crippen LogP contribution is -2.33. The van der Waals surface area contributed by atoms with Crippen LogP contribution in [0.5, 0.6) is 0 Å². The number of aromatic nitrogens is 3. The molecule has 3 heterocycles. The number of halogens is 1. The summed E-state index contributed by atoms with van der Waals surface area (Å²) in [5, 5.41) is 1.63. The normalized spacial score (nSPS) is 16.2. The molecular weight excluding hydrogens is 414 g/mol. The van der Waals surface area contributed by atoms with Gasteiger partial charge >= 0.3 is 0 Å². The van der Waals surface area contributed by atoms with Crippen molar-refractivity contribution in [2.45, 2.75) is 39.2 Å². The van der Waals surface area contributed by atoms with E-state index in [1.807, 2.05) is 36.9 Å². The van der Waals surface area contributed by atoms with E-state index in [4.69, 9.17) is 11.6 Å². The molecule has 0 saturated carbocycles. The van der Waals surface area contributed by atoms with Crippen LogP contribution in [0.3, 0.4) is 0 Å². The van der Waals surface area contributed by atoms with Gasteiger partial charge in [-0.1, -0.05) is 11.6 Å². The predicted octanol–water partition coefficient (Wildman–Crippen LogP) is 3.84. The molecule has 1 atom stereocenters. The molecule has 1 aliphatic heterocycles. The van der Waals surface area contributed by atoms with Crippen LogP contribution >= 0.6 is 11.6 Å². The minimum atomic E-state index is -0.177. The van der Waals surface area contributed by atoms with Gasteiger partial charge in [0.05, 0.1) is 23.7 Å². The van der Waals surface area contributed by atoms with Gasteiger partial charge in [-0.05, 0) is 50.5 Å². The summed E-state index contributed by atoms with van der Waals surface area (Å²) in [5.41, 5.74) is 4.03. The van der Waals surface area contributed by atoms with Crippen LogP contribution in [0.15, 0.2) is 24.4 Å². The zero-order valence-electron chi connectivity index (χ0n) is 18.2. The lowest BCUT2D eigenvalue weighted by Gasteiger charge is -2.24. The number of hydrogen-bond donors (Lipinski definition) is 1. The van der Waals surface area contributed by atoms with Gasteiger partial charge < -0.3 is 14.8 Å². The van der Waals surface area contributed by atoms with E-state index in [1.54, 1.807) is 20.3 Å².